The van der Waals surface area contributed by atoms with Crippen molar-refractivity contribution < 1.29 is 18.3 Å². The third-order valence-electron chi connectivity index (χ3n) is 5.31. The van der Waals surface area contributed by atoms with Gasteiger partial charge in [0.25, 0.3) is 5.91 Å². The molecular weight excluding hydrogens is 519 g/mol. The van der Waals surface area contributed by atoms with E-state index in [9.17, 15) is 13.6 Å². The fourth-order valence-electron chi connectivity index (χ4n) is 3.78. The molecule has 162 valence electrons. The number of hydrogen-bond acceptors (Lipinski definition) is 5. The van der Waals surface area contributed by atoms with Gasteiger partial charge in [-0.2, -0.15) is 15.0 Å². The zero-order valence-corrected chi connectivity index (χ0v) is 18.7. The van der Waals surface area contributed by atoms with Crippen LogP contribution in [0.25, 0.3) is 5.69 Å². The molecule has 4 rings (SSSR count). The van der Waals surface area contributed by atoms with Gasteiger partial charge in [0.15, 0.2) is 0 Å². The Morgan fingerprint density at radius 3 is 2.65 bits per heavy atom. The van der Waals surface area contributed by atoms with Crippen molar-refractivity contribution in [2.24, 2.45) is 5.92 Å². The lowest BCUT2D eigenvalue weighted by molar-refractivity contribution is 0.0465. The van der Waals surface area contributed by atoms with Gasteiger partial charge in [-0.15, -0.1) is 0 Å². The molecule has 1 saturated heterocycles. The third kappa shape index (κ3) is 4.83. The van der Waals surface area contributed by atoms with Gasteiger partial charge >= 0.3 is 0 Å². The molecule has 0 saturated carbocycles. The molecule has 0 aliphatic carbocycles. The lowest BCUT2D eigenvalue weighted by Crippen LogP contribution is -2.51. The predicted molar refractivity (Wildman–Crippen MR) is 117 cm³/mol. The number of alkyl halides is 1. The number of pyridine rings is 1. The maximum Gasteiger partial charge on any atom is 0.256 e. The number of benzene rings is 1. The fraction of sp³-hybridized carbons (Fsp3) is 0.333. The maximum absolute atomic E-state index is 13.9. The number of nitrogens with zero attached hydrogens (tertiary/aromatic N) is 5. The monoisotopic (exact) mass is 539 g/mol. The summed E-state index contributed by atoms with van der Waals surface area (Å²) in [5.41, 5.74) is 0.644. The molecule has 0 bridgehead atoms. The molecule has 1 aliphatic rings. The fourth-order valence-corrected chi connectivity index (χ4v) is 4.97. The Balaban J connectivity index is 1.54. The van der Waals surface area contributed by atoms with Crippen molar-refractivity contribution in [2.45, 2.75) is 18.9 Å². The standard InChI is InChI=1S/C21H20F2IN5O2/c22-15-3-5-17(18(10-15)29-26-7-8-27-29)21(30)28-9-1-2-14(19(28)11-24)13-31-20-6-4-16(23)12-25-20/h3-8,10,12,14,19H,1-2,9,11,13H2/t14-,19?/m1/s1. The van der Waals surface area contributed by atoms with E-state index in [1.165, 1.54) is 47.5 Å². The van der Waals surface area contributed by atoms with Crippen molar-refractivity contribution in [1.82, 2.24) is 24.9 Å². The number of rotatable bonds is 6. The van der Waals surface area contributed by atoms with Crippen LogP contribution in [0.2, 0.25) is 0 Å². The minimum absolute atomic E-state index is 0.0641. The highest BCUT2D eigenvalue weighted by atomic mass is 127. The molecule has 1 aromatic carbocycles. The van der Waals surface area contributed by atoms with Crippen molar-refractivity contribution in [3.63, 3.8) is 0 Å². The number of carbonyl (C=O) groups excluding carboxylic acids is 1. The average Bonchev–Trinajstić information content (AvgIpc) is 3.33. The van der Waals surface area contributed by atoms with Gasteiger partial charge in [0.1, 0.15) is 17.3 Å². The van der Waals surface area contributed by atoms with E-state index < -0.39 is 11.6 Å². The van der Waals surface area contributed by atoms with Crippen LogP contribution >= 0.6 is 22.6 Å². The summed E-state index contributed by atoms with van der Waals surface area (Å²) in [5, 5.41) is 8.10. The first-order chi connectivity index (χ1) is 15.1. The van der Waals surface area contributed by atoms with Gasteiger partial charge in [0.2, 0.25) is 5.88 Å². The number of ether oxygens (including phenoxy) is 1. The van der Waals surface area contributed by atoms with Crippen molar-refractivity contribution in [3.05, 3.63) is 66.1 Å². The summed E-state index contributed by atoms with van der Waals surface area (Å²) in [6.45, 7) is 0.966. The van der Waals surface area contributed by atoms with E-state index >= 15 is 0 Å². The Morgan fingerprint density at radius 1 is 1.16 bits per heavy atom. The van der Waals surface area contributed by atoms with E-state index in [-0.39, 0.29) is 17.9 Å². The molecule has 1 fully saturated rings. The molecule has 3 heterocycles. The second-order valence-corrected chi connectivity index (χ2v) is 8.11. The lowest BCUT2D eigenvalue weighted by Gasteiger charge is -2.40. The van der Waals surface area contributed by atoms with Crippen molar-refractivity contribution >= 4 is 28.5 Å². The van der Waals surface area contributed by atoms with Crippen molar-refractivity contribution in [1.29, 1.82) is 0 Å². The van der Waals surface area contributed by atoms with Crippen molar-refractivity contribution in [3.8, 4) is 11.6 Å². The summed E-state index contributed by atoms with van der Waals surface area (Å²) >= 11 is 2.27. The van der Waals surface area contributed by atoms with Crippen LogP contribution in [0.1, 0.15) is 23.2 Å². The van der Waals surface area contributed by atoms with Crippen LogP contribution < -0.4 is 4.74 Å². The Labute approximate surface area is 191 Å². The molecule has 1 aliphatic heterocycles. The minimum Gasteiger partial charge on any atom is -0.477 e. The highest BCUT2D eigenvalue weighted by Gasteiger charge is 2.35. The average molecular weight is 539 g/mol. The van der Waals surface area contributed by atoms with Crippen molar-refractivity contribution in [2.75, 3.05) is 17.6 Å². The number of hydrogen-bond donors (Lipinski definition) is 0. The van der Waals surface area contributed by atoms with Gasteiger partial charge < -0.3 is 9.64 Å². The first kappa shape index (κ1) is 21.6. The third-order valence-corrected chi connectivity index (χ3v) is 6.21. The lowest BCUT2D eigenvalue weighted by atomic mass is 9.90. The molecule has 0 N–H and O–H groups in total. The van der Waals surface area contributed by atoms with Gasteiger partial charge in [-0.3, -0.25) is 4.79 Å². The molecular formula is C21H20F2IN5O2. The number of halogens is 3. The van der Waals surface area contributed by atoms with Crippen LogP contribution in [0, 0.1) is 17.6 Å². The number of likely N-dealkylation sites (tertiary alicyclic amines) is 1. The largest absolute Gasteiger partial charge is 0.477 e. The number of piperidine rings is 1. The number of carbonyl (C=O) groups is 1. The Bertz CT molecular complexity index is 1030. The molecule has 2 atom stereocenters. The highest BCUT2D eigenvalue weighted by molar-refractivity contribution is 14.1. The first-order valence-corrected chi connectivity index (χ1v) is 11.4. The summed E-state index contributed by atoms with van der Waals surface area (Å²) in [6.07, 6.45) is 5.78. The van der Waals surface area contributed by atoms with Crippen LogP contribution in [-0.4, -0.2) is 54.4 Å². The van der Waals surface area contributed by atoms with Crippen LogP contribution in [-0.2, 0) is 0 Å². The normalized spacial score (nSPS) is 18.7. The number of amides is 1. The smallest absolute Gasteiger partial charge is 0.256 e. The van der Waals surface area contributed by atoms with Gasteiger partial charge in [0, 0.05) is 35.1 Å². The summed E-state index contributed by atoms with van der Waals surface area (Å²) in [7, 11) is 0. The topological polar surface area (TPSA) is 73.1 Å². The molecule has 1 amide bonds. The SMILES string of the molecule is O=C(c1ccc(F)cc1-n1nccn1)N1CCC[C@H](COc2ccc(F)cn2)C1CI. The Kier molecular flexibility index (Phi) is 6.73. The summed E-state index contributed by atoms with van der Waals surface area (Å²) in [6, 6.07) is 6.73. The molecule has 0 spiro atoms. The van der Waals surface area contributed by atoms with E-state index in [1.807, 2.05) is 4.90 Å². The van der Waals surface area contributed by atoms with Gasteiger partial charge in [-0.25, -0.2) is 13.8 Å². The summed E-state index contributed by atoms with van der Waals surface area (Å²) in [5.74, 6) is -0.644. The molecule has 1 unspecified atom stereocenters. The number of aromatic nitrogens is 4. The second kappa shape index (κ2) is 9.67. The molecule has 10 heteroatoms. The van der Waals surface area contributed by atoms with Crippen LogP contribution in [0.3, 0.4) is 0 Å². The predicted octanol–water partition coefficient (Wildman–Crippen LogP) is 3.68. The maximum atomic E-state index is 13.9. The molecule has 0 radical (unpaired) electrons. The van der Waals surface area contributed by atoms with Crippen LogP contribution in [0.15, 0.2) is 48.9 Å². The van der Waals surface area contributed by atoms with Gasteiger partial charge in [-0.05, 0) is 31.0 Å². The zero-order valence-electron chi connectivity index (χ0n) is 16.5. The summed E-state index contributed by atoms with van der Waals surface area (Å²) in [4.78, 5) is 20.5. The second-order valence-electron chi connectivity index (χ2n) is 7.23. The molecule has 2 aromatic heterocycles. The molecule has 7 nitrogen and oxygen atoms in total. The zero-order chi connectivity index (χ0) is 21.8. The van der Waals surface area contributed by atoms with Gasteiger partial charge in [-0.1, -0.05) is 22.6 Å². The first-order valence-electron chi connectivity index (χ1n) is 9.84. The molecule has 3 aromatic rings. The summed E-state index contributed by atoms with van der Waals surface area (Å²) < 4.78 is 33.4. The Morgan fingerprint density at radius 2 is 1.94 bits per heavy atom. The minimum atomic E-state index is -0.467. The molecule has 31 heavy (non-hydrogen) atoms. The highest BCUT2D eigenvalue weighted by Crippen LogP contribution is 2.29. The van der Waals surface area contributed by atoms with E-state index in [1.54, 1.807) is 0 Å². The quantitative estimate of drug-likeness (QED) is 0.353. The van der Waals surface area contributed by atoms with E-state index in [4.69, 9.17) is 4.74 Å². The van der Waals surface area contributed by atoms with Gasteiger partial charge in [0.05, 0.1) is 30.8 Å². The van der Waals surface area contributed by atoms with E-state index in [2.05, 4.69) is 37.8 Å². The Hall–Kier alpha value is -2.63. The van der Waals surface area contributed by atoms with E-state index in [0.29, 0.717) is 34.7 Å². The van der Waals surface area contributed by atoms with E-state index in [0.717, 1.165) is 19.0 Å². The van der Waals surface area contributed by atoms with Crippen LogP contribution in [0.5, 0.6) is 5.88 Å². The van der Waals surface area contributed by atoms with Crippen LogP contribution in [0.4, 0.5) is 8.78 Å².